The summed E-state index contributed by atoms with van der Waals surface area (Å²) in [5.41, 5.74) is 16.8. The largest absolute Gasteiger partial charge is 0.494 e. The van der Waals surface area contributed by atoms with Crippen LogP contribution in [-0.2, 0) is 6.42 Å². The van der Waals surface area contributed by atoms with Gasteiger partial charge in [0.05, 0.1) is 30.9 Å². The van der Waals surface area contributed by atoms with Gasteiger partial charge in [0.1, 0.15) is 23.9 Å². The van der Waals surface area contributed by atoms with Gasteiger partial charge in [0.2, 0.25) is 0 Å². The molecule has 7 N–H and O–H groups in total. The molecule has 0 fully saturated rings. The number of thiazole rings is 2. The maximum Gasteiger partial charge on any atom is 0.355 e. The monoisotopic (exact) mass is 644 g/mol. The molecule has 0 amide bonds. The Hall–Kier alpha value is -4.57. The van der Waals surface area contributed by atoms with Gasteiger partial charge >= 0.3 is 5.97 Å². The molecule has 0 saturated carbocycles. The van der Waals surface area contributed by atoms with Crippen LogP contribution in [0.3, 0.4) is 0 Å². The zero-order valence-electron chi connectivity index (χ0n) is 25.6. The van der Waals surface area contributed by atoms with Crippen molar-refractivity contribution in [2.24, 2.45) is 11.5 Å². The molecule has 0 radical (unpaired) electrons. The van der Waals surface area contributed by atoms with Crippen LogP contribution in [-0.4, -0.2) is 54.8 Å². The molecule has 45 heavy (non-hydrogen) atoms. The number of nitrogens with zero attached hydrogens (tertiary/aromatic N) is 3. The highest BCUT2D eigenvalue weighted by Gasteiger charge is 2.26. The van der Waals surface area contributed by atoms with E-state index < -0.39 is 5.97 Å². The number of carbonyl (C=O) groups is 1. The highest BCUT2D eigenvalue weighted by molar-refractivity contribution is 7.22. The molecule has 0 saturated heterocycles. The van der Waals surface area contributed by atoms with Crippen molar-refractivity contribution in [3.05, 3.63) is 87.5 Å². The average Bonchev–Trinajstić information content (AvgIpc) is 3.63. The number of carboxylic acids is 1. The summed E-state index contributed by atoms with van der Waals surface area (Å²) < 4.78 is 6.98. The van der Waals surface area contributed by atoms with Crippen molar-refractivity contribution in [3.8, 4) is 17.6 Å². The standard InChI is InChI=1S/C33H37N7O3S2/c1-21(29(34)38-32-36-25-11-4-5-12-26(25)44-32)24-10-7-19-40(30(24)35)33-37-28(31(41)42)27(45-33)13-8-20-43-23-16-14-22(15-17-23)9-6-18-39(2)3/h4-5,11-12,14-17H,7-8,10,13,18-20,34-35H2,1-3H3,(H,36,38)(H,41,42)/p+1/b29-21+. The van der Waals surface area contributed by atoms with E-state index in [9.17, 15) is 9.90 Å². The van der Waals surface area contributed by atoms with Gasteiger partial charge in [0.25, 0.3) is 0 Å². The topological polar surface area (TPSA) is 144 Å². The second kappa shape index (κ2) is 14.5. The number of benzene rings is 2. The van der Waals surface area contributed by atoms with E-state index in [4.69, 9.17) is 16.2 Å². The van der Waals surface area contributed by atoms with Crippen molar-refractivity contribution in [1.82, 2.24) is 9.97 Å². The minimum atomic E-state index is -1.05. The normalized spacial score (nSPS) is 13.9. The number of ether oxygens (including phenoxy) is 1. The molecule has 4 aromatic rings. The van der Waals surface area contributed by atoms with E-state index in [-0.39, 0.29) is 5.69 Å². The number of nitrogens with one attached hydrogen (secondary N) is 2. The molecule has 0 unspecified atom stereocenters. The molecule has 0 bridgehead atoms. The molecule has 10 nitrogen and oxygen atoms in total. The number of anilines is 2. The molecule has 3 heterocycles. The number of para-hydroxylation sites is 1. The Morgan fingerprint density at radius 3 is 2.67 bits per heavy atom. The predicted molar refractivity (Wildman–Crippen MR) is 182 cm³/mol. The number of nitrogens with two attached hydrogens (primary N) is 2. The Labute approximate surface area is 271 Å². The van der Waals surface area contributed by atoms with Crippen molar-refractivity contribution in [2.75, 3.05) is 44.0 Å². The van der Waals surface area contributed by atoms with Gasteiger partial charge in [-0.15, -0.1) is 11.3 Å². The third-order valence-corrected chi connectivity index (χ3v) is 9.36. The first-order valence-electron chi connectivity index (χ1n) is 14.8. The number of aryl methyl sites for hydroxylation is 1. The third-order valence-electron chi connectivity index (χ3n) is 7.27. The molecule has 1 aliphatic rings. The van der Waals surface area contributed by atoms with Crippen LogP contribution >= 0.6 is 22.7 Å². The van der Waals surface area contributed by atoms with Crippen LogP contribution < -0.4 is 31.3 Å². The lowest BCUT2D eigenvalue weighted by Crippen LogP contribution is -3.05. The summed E-state index contributed by atoms with van der Waals surface area (Å²) in [6, 6.07) is 15.6. The Bertz CT molecular complexity index is 1760. The van der Waals surface area contributed by atoms with E-state index in [1.807, 2.05) is 60.4 Å². The number of hydrogen-bond acceptors (Lipinski definition) is 10. The number of rotatable bonds is 11. The van der Waals surface area contributed by atoms with Crippen LogP contribution in [0.1, 0.15) is 47.1 Å². The fourth-order valence-electron chi connectivity index (χ4n) is 4.87. The van der Waals surface area contributed by atoms with Gasteiger partial charge in [-0.1, -0.05) is 29.4 Å². The first-order chi connectivity index (χ1) is 21.7. The molecule has 234 valence electrons. The van der Waals surface area contributed by atoms with Crippen LogP contribution in [0.4, 0.5) is 10.3 Å². The first kappa shape index (κ1) is 31.8. The molecule has 2 aromatic heterocycles. The second-order valence-corrected chi connectivity index (χ2v) is 13.1. The maximum atomic E-state index is 12.1. The van der Waals surface area contributed by atoms with Gasteiger partial charge in [0.15, 0.2) is 16.0 Å². The summed E-state index contributed by atoms with van der Waals surface area (Å²) in [7, 11) is 4.13. The molecular formula is C33H38N7O3S2+. The molecule has 5 rings (SSSR count). The summed E-state index contributed by atoms with van der Waals surface area (Å²) in [4.78, 5) is 25.1. The summed E-state index contributed by atoms with van der Waals surface area (Å²) >= 11 is 2.89. The Kier molecular flexibility index (Phi) is 10.2. The predicted octanol–water partition coefficient (Wildman–Crippen LogP) is 4.03. The Morgan fingerprint density at radius 1 is 1.16 bits per heavy atom. The maximum absolute atomic E-state index is 12.1. The lowest BCUT2D eigenvalue weighted by atomic mass is 9.99. The fraction of sp³-hybridized carbons (Fsp3) is 0.303. The minimum Gasteiger partial charge on any atom is -0.494 e. The molecule has 2 aromatic carbocycles. The first-order valence-corrected chi connectivity index (χ1v) is 16.4. The number of hydrogen-bond donors (Lipinski definition) is 5. The van der Waals surface area contributed by atoms with E-state index >= 15 is 0 Å². The van der Waals surface area contributed by atoms with Crippen LogP contribution in [0.25, 0.3) is 10.2 Å². The number of aromatic carboxylic acids is 1. The lowest BCUT2D eigenvalue weighted by molar-refractivity contribution is -0.850. The molecule has 12 heteroatoms. The van der Waals surface area contributed by atoms with Gasteiger partial charge in [0, 0.05) is 17.0 Å². The van der Waals surface area contributed by atoms with Gasteiger partial charge in [-0.05, 0) is 86.1 Å². The number of quaternary nitrogens is 1. The van der Waals surface area contributed by atoms with Gasteiger partial charge in [-0.3, -0.25) is 0 Å². The highest BCUT2D eigenvalue weighted by Crippen LogP contribution is 2.35. The van der Waals surface area contributed by atoms with Crippen molar-refractivity contribution in [2.45, 2.75) is 32.6 Å². The Balaban J connectivity index is 1.24. The minimum absolute atomic E-state index is 0.0571. The Morgan fingerprint density at radius 2 is 1.93 bits per heavy atom. The fourth-order valence-corrected chi connectivity index (χ4v) is 6.88. The average molecular weight is 645 g/mol. The highest BCUT2D eigenvalue weighted by atomic mass is 32.1. The van der Waals surface area contributed by atoms with Crippen molar-refractivity contribution >= 4 is 49.1 Å². The second-order valence-electron chi connectivity index (χ2n) is 11.0. The van der Waals surface area contributed by atoms with Crippen LogP contribution in [0.5, 0.6) is 5.75 Å². The number of allylic oxidation sites excluding steroid dienone is 2. The lowest BCUT2D eigenvalue weighted by Gasteiger charge is -2.30. The zero-order valence-corrected chi connectivity index (χ0v) is 27.3. The smallest absolute Gasteiger partial charge is 0.355 e. The van der Waals surface area contributed by atoms with Crippen LogP contribution in [0, 0.1) is 11.8 Å². The van der Waals surface area contributed by atoms with E-state index in [1.165, 1.54) is 27.6 Å². The summed E-state index contributed by atoms with van der Waals surface area (Å²) in [6.45, 7) is 3.80. The summed E-state index contributed by atoms with van der Waals surface area (Å²) in [6.07, 6.45) is 2.75. The van der Waals surface area contributed by atoms with Gasteiger partial charge < -0.3 is 36.4 Å². The molecular weight excluding hydrogens is 607 g/mol. The van der Waals surface area contributed by atoms with Gasteiger partial charge in [-0.2, -0.15) is 0 Å². The number of fused-ring (bicyclic) bond motifs is 1. The summed E-state index contributed by atoms with van der Waals surface area (Å²) in [5.74, 6) is 7.01. The molecule has 0 aliphatic carbocycles. The molecule has 0 spiro atoms. The van der Waals surface area contributed by atoms with E-state index in [0.29, 0.717) is 52.8 Å². The van der Waals surface area contributed by atoms with Crippen molar-refractivity contribution < 1.29 is 19.5 Å². The molecule has 1 aliphatic heterocycles. The SMILES string of the molecule is C/C(C1=C(N)N(c2nc(C(=O)O)c(CCCOc3ccc(C#CC[NH+](C)C)cc3)s2)CCC1)=C(/N)Nc1nc2ccccc2s1. The van der Waals surface area contributed by atoms with Gasteiger partial charge in [-0.25, -0.2) is 14.8 Å². The number of carboxylic acid groups (broad SMARTS) is 1. The third kappa shape index (κ3) is 7.94. The number of aromatic nitrogens is 2. The van der Waals surface area contributed by atoms with Crippen molar-refractivity contribution in [1.29, 1.82) is 0 Å². The van der Waals surface area contributed by atoms with E-state index in [0.717, 1.165) is 52.1 Å². The molecule has 0 atom stereocenters. The van der Waals surface area contributed by atoms with E-state index in [2.05, 4.69) is 41.2 Å². The summed E-state index contributed by atoms with van der Waals surface area (Å²) in [5, 5.41) is 14.4. The van der Waals surface area contributed by atoms with Crippen LogP contribution in [0.15, 0.2) is 71.3 Å². The van der Waals surface area contributed by atoms with E-state index in [1.54, 1.807) is 0 Å². The quantitative estimate of drug-likeness (QED) is 0.121. The van der Waals surface area contributed by atoms with Crippen LogP contribution in [0.2, 0.25) is 0 Å². The zero-order chi connectivity index (χ0) is 31.9. The van der Waals surface area contributed by atoms with Crippen molar-refractivity contribution in [3.63, 3.8) is 0 Å².